The number of methoxy groups -OCH3 is 3. The van der Waals surface area contributed by atoms with Crippen molar-refractivity contribution in [2.24, 2.45) is 0 Å². The summed E-state index contributed by atoms with van der Waals surface area (Å²) in [6.45, 7) is 7.21. The molecule has 0 aromatic heterocycles. The fourth-order valence-electron chi connectivity index (χ4n) is 2.41. The molecule has 0 aliphatic rings. The maximum atomic E-state index is 5.52. The van der Waals surface area contributed by atoms with E-state index in [1.165, 1.54) is 0 Å². The van der Waals surface area contributed by atoms with Crippen molar-refractivity contribution in [3.63, 3.8) is 0 Å². The molecular weight excluding hydrogens is 266 g/mol. The van der Waals surface area contributed by atoms with E-state index in [0.717, 1.165) is 36.4 Å². The standard InChI is InChI=1S/C17H29NO3/c1-7-18-13(11-12-17(2,3)21-6)16-14(19-4)9-8-10-15(16)20-5/h8-10,13,18H,7,11-12H2,1-6H3. The third-order valence-electron chi connectivity index (χ3n) is 3.85. The number of rotatable bonds is 9. The largest absolute Gasteiger partial charge is 0.496 e. The van der Waals surface area contributed by atoms with Gasteiger partial charge in [0.05, 0.1) is 25.4 Å². The average molecular weight is 295 g/mol. The maximum Gasteiger partial charge on any atom is 0.127 e. The van der Waals surface area contributed by atoms with Crippen molar-refractivity contribution >= 4 is 0 Å². The van der Waals surface area contributed by atoms with Gasteiger partial charge in [-0.15, -0.1) is 0 Å². The highest BCUT2D eigenvalue weighted by atomic mass is 16.5. The average Bonchev–Trinajstić information content (AvgIpc) is 2.50. The molecule has 120 valence electrons. The van der Waals surface area contributed by atoms with Crippen LogP contribution in [0.5, 0.6) is 11.5 Å². The van der Waals surface area contributed by atoms with Gasteiger partial charge in [-0.05, 0) is 45.4 Å². The summed E-state index contributed by atoms with van der Waals surface area (Å²) in [7, 11) is 5.15. The Morgan fingerprint density at radius 2 is 1.67 bits per heavy atom. The van der Waals surface area contributed by atoms with Crippen LogP contribution in [0.15, 0.2) is 18.2 Å². The van der Waals surface area contributed by atoms with Gasteiger partial charge in [0.25, 0.3) is 0 Å². The summed E-state index contributed by atoms with van der Waals surface area (Å²) in [5, 5.41) is 3.53. The lowest BCUT2D eigenvalue weighted by Crippen LogP contribution is -2.28. The van der Waals surface area contributed by atoms with Crippen molar-refractivity contribution in [2.75, 3.05) is 27.9 Å². The van der Waals surface area contributed by atoms with E-state index in [0.29, 0.717) is 0 Å². The van der Waals surface area contributed by atoms with E-state index in [-0.39, 0.29) is 11.6 Å². The summed E-state index contributed by atoms with van der Waals surface area (Å²) < 4.78 is 16.6. The summed E-state index contributed by atoms with van der Waals surface area (Å²) in [5.74, 6) is 1.71. The SMILES string of the molecule is CCNC(CCC(C)(C)OC)c1c(OC)cccc1OC. The fraction of sp³-hybridized carbons (Fsp3) is 0.647. The normalized spacial score (nSPS) is 13.0. The number of hydrogen-bond donors (Lipinski definition) is 1. The first-order valence-electron chi connectivity index (χ1n) is 7.48. The Bertz CT molecular complexity index is 410. The summed E-state index contributed by atoms with van der Waals surface area (Å²) >= 11 is 0. The van der Waals surface area contributed by atoms with Gasteiger partial charge in [0.1, 0.15) is 11.5 Å². The van der Waals surface area contributed by atoms with Crippen LogP contribution in [-0.2, 0) is 4.74 Å². The van der Waals surface area contributed by atoms with Crippen molar-refractivity contribution in [3.05, 3.63) is 23.8 Å². The quantitative estimate of drug-likeness (QED) is 0.756. The molecular formula is C17H29NO3. The Morgan fingerprint density at radius 3 is 2.10 bits per heavy atom. The molecule has 0 fully saturated rings. The van der Waals surface area contributed by atoms with E-state index < -0.39 is 0 Å². The van der Waals surface area contributed by atoms with Gasteiger partial charge < -0.3 is 19.5 Å². The van der Waals surface area contributed by atoms with Crippen molar-refractivity contribution in [1.29, 1.82) is 0 Å². The molecule has 21 heavy (non-hydrogen) atoms. The van der Waals surface area contributed by atoms with Gasteiger partial charge in [-0.25, -0.2) is 0 Å². The molecule has 1 aromatic rings. The summed E-state index contributed by atoms with van der Waals surface area (Å²) in [6, 6.07) is 6.08. The zero-order valence-electron chi connectivity index (χ0n) is 14.2. The lowest BCUT2D eigenvalue weighted by atomic mass is 9.93. The van der Waals surface area contributed by atoms with Gasteiger partial charge >= 0.3 is 0 Å². The van der Waals surface area contributed by atoms with Gasteiger partial charge in [-0.2, -0.15) is 0 Å². The fourth-order valence-corrected chi connectivity index (χ4v) is 2.41. The smallest absolute Gasteiger partial charge is 0.127 e. The van der Waals surface area contributed by atoms with Gasteiger partial charge in [-0.3, -0.25) is 0 Å². The van der Waals surface area contributed by atoms with Crippen LogP contribution in [0.25, 0.3) is 0 Å². The molecule has 4 heteroatoms. The van der Waals surface area contributed by atoms with Gasteiger partial charge in [0, 0.05) is 13.2 Å². The molecule has 0 amide bonds. The van der Waals surface area contributed by atoms with Gasteiger partial charge in [-0.1, -0.05) is 13.0 Å². The topological polar surface area (TPSA) is 39.7 Å². The molecule has 4 nitrogen and oxygen atoms in total. The van der Waals surface area contributed by atoms with Crippen LogP contribution in [0.4, 0.5) is 0 Å². The van der Waals surface area contributed by atoms with Crippen LogP contribution >= 0.6 is 0 Å². The van der Waals surface area contributed by atoms with Crippen LogP contribution in [0.1, 0.15) is 45.2 Å². The van der Waals surface area contributed by atoms with E-state index in [1.54, 1.807) is 21.3 Å². The van der Waals surface area contributed by atoms with Crippen molar-refractivity contribution in [3.8, 4) is 11.5 Å². The van der Waals surface area contributed by atoms with Crippen LogP contribution in [0.3, 0.4) is 0 Å². The Hall–Kier alpha value is -1.26. The predicted octanol–water partition coefficient (Wildman–Crippen LogP) is 3.56. The van der Waals surface area contributed by atoms with Gasteiger partial charge in [0.2, 0.25) is 0 Å². The lowest BCUT2D eigenvalue weighted by molar-refractivity contribution is 0.0116. The van der Waals surface area contributed by atoms with Gasteiger partial charge in [0.15, 0.2) is 0 Å². The molecule has 1 aromatic carbocycles. The summed E-state index contributed by atoms with van der Waals surface area (Å²) in [5.41, 5.74) is 0.944. The van der Waals surface area contributed by atoms with Crippen LogP contribution in [-0.4, -0.2) is 33.5 Å². The predicted molar refractivity (Wildman–Crippen MR) is 86.3 cm³/mol. The zero-order chi connectivity index (χ0) is 15.9. The zero-order valence-corrected chi connectivity index (χ0v) is 14.2. The Balaban J connectivity index is 3.04. The third kappa shape index (κ3) is 4.90. The second kappa shape index (κ2) is 8.25. The first-order valence-corrected chi connectivity index (χ1v) is 7.48. The highest BCUT2D eigenvalue weighted by Crippen LogP contribution is 2.37. The lowest BCUT2D eigenvalue weighted by Gasteiger charge is -2.28. The Morgan fingerprint density at radius 1 is 1.10 bits per heavy atom. The van der Waals surface area contributed by atoms with Crippen molar-refractivity contribution in [2.45, 2.75) is 45.3 Å². The molecule has 1 N–H and O–H groups in total. The first kappa shape index (κ1) is 17.8. The second-order valence-electron chi connectivity index (χ2n) is 5.69. The first-order chi connectivity index (χ1) is 9.99. The minimum absolute atomic E-state index is 0.136. The molecule has 0 aliphatic carbocycles. The molecule has 0 aliphatic heterocycles. The minimum Gasteiger partial charge on any atom is -0.496 e. The van der Waals surface area contributed by atoms with Crippen LogP contribution < -0.4 is 14.8 Å². The van der Waals surface area contributed by atoms with E-state index in [4.69, 9.17) is 14.2 Å². The minimum atomic E-state index is -0.136. The van der Waals surface area contributed by atoms with Crippen molar-refractivity contribution < 1.29 is 14.2 Å². The van der Waals surface area contributed by atoms with Crippen molar-refractivity contribution in [1.82, 2.24) is 5.32 Å². The number of ether oxygens (including phenoxy) is 3. The highest BCUT2D eigenvalue weighted by Gasteiger charge is 2.24. The molecule has 1 rings (SSSR count). The monoisotopic (exact) mass is 295 g/mol. The Labute approximate surface area is 128 Å². The molecule has 0 bridgehead atoms. The van der Waals surface area contributed by atoms with E-state index in [2.05, 4.69) is 26.1 Å². The molecule has 0 saturated carbocycles. The molecule has 0 spiro atoms. The number of benzene rings is 1. The summed E-state index contributed by atoms with van der Waals surface area (Å²) in [6.07, 6.45) is 1.90. The molecule has 1 unspecified atom stereocenters. The third-order valence-corrected chi connectivity index (χ3v) is 3.85. The van der Waals surface area contributed by atoms with E-state index >= 15 is 0 Å². The van der Waals surface area contributed by atoms with E-state index in [9.17, 15) is 0 Å². The summed E-state index contributed by atoms with van der Waals surface area (Å²) in [4.78, 5) is 0. The molecule has 1 atom stereocenters. The van der Waals surface area contributed by atoms with Crippen LogP contribution in [0.2, 0.25) is 0 Å². The number of nitrogens with one attached hydrogen (secondary N) is 1. The maximum absolute atomic E-state index is 5.52. The molecule has 0 radical (unpaired) electrons. The van der Waals surface area contributed by atoms with E-state index in [1.807, 2.05) is 18.2 Å². The van der Waals surface area contributed by atoms with Crippen LogP contribution in [0, 0.1) is 0 Å². The molecule has 0 heterocycles. The second-order valence-corrected chi connectivity index (χ2v) is 5.69. The molecule has 0 saturated heterocycles. The number of hydrogen-bond acceptors (Lipinski definition) is 4. The highest BCUT2D eigenvalue weighted by molar-refractivity contribution is 5.47. The Kier molecular flexibility index (Phi) is 6.99.